The first-order chi connectivity index (χ1) is 12.8. The third-order valence-corrected chi connectivity index (χ3v) is 4.18. The zero-order chi connectivity index (χ0) is 18.2. The Morgan fingerprint density at radius 1 is 1.08 bits per heavy atom. The van der Waals surface area contributed by atoms with Crippen molar-refractivity contribution in [3.63, 3.8) is 0 Å². The molecule has 0 aliphatic carbocycles. The van der Waals surface area contributed by atoms with Gasteiger partial charge >= 0.3 is 0 Å². The third kappa shape index (κ3) is 4.59. The Bertz CT molecular complexity index is 762. The number of hydrogen-bond acceptors (Lipinski definition) is 4. The second-order valence-corrected chi connectivity index (χ2v) is 5.89. The molecule has 1 aliphatic heterocycles. The molecule has 0 spiro atoms. The lowest BCUT2D eigenvalue weighted by atomic mass is 10.1. The van der Waals surface area contributed by atoms with E-state index in [4.69, 9.17) is 14.2 Å². The zero-order valence-electron chi connectivity index (χ0n) is 15.2. The summed E-state index contributed by atoms with van der Waals surface area (Å²) in [4.78, 5) is 4.27. The molecule has 6 heteroatoms. The van der Waals surface area contributed by atoms with Gasteiger partial charge in [-0.1, -0.05) is 24.3 Å². The molecule has 0 bridgehead atoms. The molecule has 1 heterocycles. The van der Waals surface area contributed by atoms with Gasteiger partial charge in [0.25, 0.3) is 0 Å². The van der Waals surface area contributed by atoms with E-state index < -0.39 is 0 Å². The largest absolute Gasteiger partial charge is 0.496 e. The van der Waals surface area contributed by atoms with Gasteiger partial charge in [-0.05, 0) is 30.2 Å². The number of benzene rings is 2. The molecule has 138 valence electrons. The summed E-state index contributed by atoms with van der Waals surface area (Å²) in [6, 6.07) is 14.0. The molecule has 0 radical (unpaired) electrons. The van der Waals surface area contributed by atoms with E-state index in [1.54, 1.807) is 14.2 Å². The van der Waals surface area contributed by atoms with E-state index in [-0.39, 0.29) is 0 Å². The van der Waals surface area contributed by atoms with Gasteiger partial charge in [-0.3, -0.25) is 4.99 Å². The maximum absolute atomic E-state index is 5.63. The molecule has 2 aromatic carbocycles. The molecule has 26 heavy (non-hydrogen) atoms. The molecular formula is C20H25N3O3. The highest BCUT2D eigenvalue weighted by Crippen LogP contribution is 2.30. The summed E-state index contributed by atoms with van der Waals surface area (Å²) in [5.41, 5.74) is 2.28. The first kappa shape index (κ1) is 17.9. The topological polar surface area (TPSA) is 64.1 Å². The minimum Gasteiger partial charge on any atom is -0.496 e. The summed E-state index contributed by atoms with van der Waals surface area (Å²) in [7, 11) is 3.45. The van der Waals surface area contributed by atoms with Crippen LogP contribution >= 0.6 is 0 Å². The van der Waals surface area contributed by atoms with Crippen molar-refractivity contribution in [2.45, 2.75) is 13.0 Å². The molecule has 0 unspecified atom stereocenters. The van der Waals surface area contributed by atoms with Crippen LogP contribution in [0.25, 0.3) is 0 Å². The number of nitrogens with one attached hydrogen (secondary N) is 2. The molecule has 0 amide bonds. The van der Waals surface area contributed by atoms with Crippen molar-refractivity contribution in [3.8, 4) is 17.2 Å². The minimum atomic E-state index is 0.605. The van der Waals surface area contributed by atoms with Gasteiger partial charge in [0.2, 0.25) is 0 Å². The summed E-state index contributed by atoms with van der Waals surface area (Å²) >= 11 is 0. The summed E-state index contributed by atoms with van der Waals surface area (Å²) in [5.74, 6) is 3.27. The van der Waals surface area contributed by atoms with E-state index in [1.807, 2.05) is 36.4 Å². The first-order valence-corrected chi connectivity index (χ1v) is 8.75. The van der Waals surface area contributed by atoms with Crippen molar-refractivity contribution in [2.24, 2.45) is 4.99 Å². The molecule has 2 aromatic rings. The fraction of sp³-hybridized carbons (Fsp3) is 0.350. The van der Waals surface area contributed by atoms with Crippen LogP contribution in [0.2, 0.25) is 0 Å². The SMILES string of the molecule is CN=C(NCCc1ccc2c(c1)OCCO2)NCc1ccccc1OC. The fourth-order valence-corrected chi connectivity index (χ4v) is 2.82. The number of hydrogen-bond donors (Lipinski definition) is 2. The van der Waals surface area contributed by atoms with E-state index >= 15 is 0 Å². The first-order valence-electron chi connectivity index (χ1n) is 8.75. The van der Waals surface area contributed by atoms with E-state index in [1.165, 1.54) is 5.56 Å². The van der Waals surface area contributed by atoms with Gasteiger partial charge in [0.1, 0.15) is 19.0 Å². The van der Waals surface area contributed by atoms with Crippen molar-refractivity contribution < 1.29 is 14.2 Å². The van der Waals surface area contributed by atoms with Gasteiger partial charge in [0.15, 0.2) is 17.5 Å². The highest BCUT2D eigenvalue weighted by molar-refractivity contribution is 5.79. The van der Waals surface area contributed by atoms with Crippen molar-refractivity contribution in [3.05, 3.63) is 53.6 Å². The number of guanidine groups is 1. The molecular weight excluding hydrogens is 330 g/mol. The van der Waals surface area contributed by atoms with Crippen LogP contribution in [0.3, 0.4) is 0 Å². The van der Waals surface area contributed by atoms with E-state index in [9.17, 15) is 0 Å². The Morgan fingerprint density at radius 2 is 1.88 bits per heavy atom. The van der Waals surface area contributed by atoms with Crippen LogP contribution in [-0.4, -0.2) is 39.9 Å². The Hall–Kier alpha value is -2.89. The second kappa shape index (κ2) is 8.99. The van der Waals surface area contributed by atoms with Crippen molar-refractivity contribution in [2.75, 3.05) is 33.9 Å². The van der Waals surface area contributed by atoms with Crippen molar-refractivity contribution in [1.82, 2.24) is 10.6 Å². The molecule has 2 N–H and O–H groups in total. The maximum atomic E-state index is 5.63. The number of para-hydroxylation sites is 1. The van der Waals surface area contributed by atoms with Crippen LogP contribution < -0.4 is 24.8 Å². The molecule has 6 nitrogen and oxygen atoms in total. The average Bonchev–Trinajstić information content (AvgIpc) is 2.70. The maximum Gasteiger partial charge on any atom is 0.191 e. The predicted molar refractivity (Wildman–Crippen MR) is 102 cm³/mol. The van der Waals surface area contributed by atoms with Crippen LogP contribution in [0, 0.1) is 0 Å². The van der Waals surface area contributed by atoms with Crippen LogP contribution in [0.15, 0.2) is 47.5 Å². The molecule has 0 fully saturated rings. The number of rotatable bonds is 6. The Morgan fingerprint density at radius 3 is 2.69 bits per heavy atom. The van der Waals surface area contributed by atoms with Crippen molar-refractivity contribution >= 4 is 5.96 Å². The standard InChI is InChI=1S/C20H25N3O3/c1-21-20(23-14-16-5-3-4-6-17(16)24-2)22-10-9-15-7-8-18-19(13-15)26-12-11-25-18/h3-8,13H,9-12,14H2,1-2H3,(H2,21,22,23). The average molecular weight is 355 g/mol. The molecule has 1 aliphatic rings. The van der Waals surface area contributed by atoms with Gasteiger partial charge in [-0.15, -0.1) is 0 Å². The molecule has 3 rings (SSSR count). The van der Waals surface area contributed by atoms with Gasteiger partial charge in [-0.25, -0.2) is 0 Å². The summed E-state index contributed by atoms with van der Waals surface area (Å²) < 4.78 is 16.6. The second-order valence-electron chi connectivity index (χ2n) is 5.89. The minimum absolute atomic E-state index is 0.605. The number of aliphatic imine (C=N–C) groups is 1. The van der Waals surface area contributed by atoms with Crippen LogP contribution in [0.4, 0.5) is 0 Å². The Balaban J connectivity index is 1.48. The van der Waals surface area contributed by atoms with Crippen LogP contribution in [0.5, 0.6) is 17.2 Å². The Kier molecular flexibility index (Phi) is 6.19. The van der Waals surface area contributed by atoms with Gasteiger partial charge in [-0.2, -0.15) is 0 Å². The number of methoxy groups -OCH3 is 1. The summed E-state index contributed by atoms with van der Waals surface area (Å²) in [6.07, 6.45) is 0.867. The molecule has 0 saturated heterocycles. The molecule has 0 saturated carbocycles. The zero-order valence-corrected chi connectivity index (χ0v) is 15.2. The van der Waals surface area contributed by atoms with Crippen LogP contribution in [-0.2, 0) is 13.0 Å². The smallest absolute Gasteiger partial charge is 0.191 e. The van der Waals surface area contributed by atoms with E-state index in [2.05, 4.69) is 21.7 Å². The van der Waals surface area contributed by atoms with E-state index in [0.717, 1.165) is 41.7 Å². The quantitative estimate of drug-likeness (QED) is 0.615. The number of nitrogens with zero attached hydrogens (tertiary/aromatic N) is 1. The lowest BCUT2D eigenvalue weighted by Crippen LogP contribution is -2.37. The van der Waals surface area contributed by atoms with Gasteiger partial charge < -0.3 is 24.8 Å². The van der Waals surface area contributed by atoms with Crippen LogP contribution in [0.1, 0.15) is 11.1 Å². The lowest BCUT2D eigenvalue weighted by Gasteiger charge is -2.19. The van der Waals surface area contributed by atoms with Gasteiger partial charge in [0.05, 0.1) is 7.11 Å². The van der Waals surface area contributed by atoms with E-state index in [0.29, 0.717) is 19.8 Å². The van der Waals surface area contributed by atoms with Gasteiger partial charge in [0, 0.05) is 25.7 Å². The predicted octanol–water partition coefficient (Wildman–Crippen LogP) is 2.37. The Labute approximate surface area is 154 Å². The molecule has 0 atom stereocenters. The molecule has 0 aromatic heterocycles. The number of ether oxygens (including phenoxy) is 3. The normalized spacial score (nSPS) is 13.2. The monoisotopic (exact) mass is 355 g/mol. The fourth-order valence-electron chi connectivity index (χ4n) is 2.82. The highest BCUT2D eigenvalue weighted by atomic mass is 16.6. The number of fused-ring (bicyclic) bond motifs is 1. The lowest BCUT2D eigenvalue weighted by molar-refractivity contribution is 0.171. The summed E-state index contributed by atoms with van der Waals surface area (Å²) in [5, 5.41) is 6.64. The van der Waals surface area contributed by atoms with Crippen molar-refractivity contribution in [1.29, 1.82) is 0 Å². The summed E-state index contributed by atoms with van der Waals surface area (Å²) in [6.45, 7) is 2.63. The third-order valence-electron chi connectivity index (χ3n) is 4.18. The highest BCUT2D eigenvalue weighted by Gasteiger charge is 2.11.